The Bertz CT molecular complexity index is 1850. The minimum atomic E-state index is -1.63. The van der Waals surface area contributed by atoms with Gasteiger partial charge in [-0.15, -0.1) is 0 Å². The van der Waals surface area contributed by atoms with Crippen molar-refractivity contribution in [2.75, 3.05) is 19.4 Å². The predicted octanol–water partition coefficient (Wildman–Crippen LogP) is 7.35. The van der Waals surface area contributed by atoms with Gasteiger partial charge in [0.25, 0.3) is 5.91 Å². The lowest BCUT2D eigenvalue weighted by Gasteiger charge is -2.15. The van der Waals surface area contributed by atoms with Crippen LogP contribution in [0.5, 0.6) is 17.2 Å². The number of amides is 2. The summed E-state index contributed by atoms with van der Waals surface area (Å²) in [6.45, 7) is 9.47. The molecule has 0 saturated heterocycles. The molecular formula is C36H44FN7O4. The first-order chi connectivity index (χ1) is 23.2. The molecule has 0 aliphatic carbocycles. The molecule has 0 spiro atoms. The van der Waals surface area contributed by atoms with Gasteiger partial charge in [0.05, 0.1) is 17.4 Å². The van der Waals surface area contributed by atoms with Gasteiger partial charge in [-0.1, -0.05) is 40.2 Å². The van der Waals surface area contributed by atoms with E-state index in [9.17, 15) is 14.0 Å². The van der Waals surface area contributed by atoms with E-state index >= 15 is 0 Å². The molecule has 1 unspecified atom stereocenters. The molecule has 48 heavy (non-hydrogen) atoms. The number of hydrogen-bond acceptors (Lipinski definition) is 7. The van der Waals surface area contributed by atoms with Crippen LogP contribution in [0, 0.1) is 0 Å². The van der Waals surface area contributed by atoms with Crippen LogP contribution in [0.4, 0.5) is 10.1 Å². The summed E-state index contributed by atoms with van der Waals surface area (Å²) < 4.78 is 29.0. The molecule has 3 heterocycles. The van der Waals surface area contributed by atoms with Gasteiger partial charge in [0, 0.05) is 39.6 Å². The summed E-state index contributed by atoms with van der Waals surface area (Å²) in [6, 6.07) is 12.7. The Labute approximate surface area is 280 Å². The number of fused-ring (bicyclic) bond motifs is 1. The number of aromatic nitrogens is 5. The van der Waals surface area contributed by atoms with Crippen LogP contribution in [0.25, 0.3) is 16.9 Å². The van der Waals surface area contributed by atoms with Crippen LogP contribution in [0.1, 0.15) is 68.9 Å². The summed E-state index contributed by atoms with van der Waals surface area (Å²) in [5.41, 5.74) is 4.02. The molecule has 2 amide bonds. The summed E-state index contributed by atoms with van der Waals surface area (Å²) in [5, 5.41) is 11.7. The Morgan fingerprint density at radius 1 is 1.06 bits per heavy atom. The standard InChI is InChI=1S/C34H38FN7O4.C2H6/c1-6-8-10-24-11-12-25(17-23(24)7-2)46-26-13-14-30(45-22(3)35)27(18-26)32-29(20-41(39-32)21-31(43)40(4)5)38-34(44)28-19-37-42-16-9-15-36-33(28)42;1-2/h9,11-20,22H,6-8,10,21H2,1-5H3,(H,38,44);1-2H3. The zero-order valence-electron chi connectivity index (χ0n) is 28.7. The van der Waals surface area contributed by atoms with Crippen molar-refractivity contribution in [1.82, 2.24) is 29.3 Å². The summed E-state index contributed by atoms with van der Waals surface area (Å²) in [6.07, 6.45) is 8.71. The zero-order valence-corrected chi connectivity index (χ0v) is 28.7. The Balaban J connectivity index is 0.00000255. The van der Waals surface area contributed by atoms with Crippen molar-refractivity contribution in [3.8, 4) is 28.5 Å². The summed E-state index contributed by atoms with van der Waals surface area (Å²) in [4.78, 5) is 31.8. The minimum absolute atomic E-state index is 0.0930. The SMILES string of the molecule is CC.CCCCc1ccc(Oc2ccc(OC(C)F)c(-c3nn(CC(=O)N(C)C)cc3NC(=O)c3cnn4cccnc34)c2)cc1CC. The Hall–Kier alpha value is -5.26. The minimum Gasteiger partial charge on any atom is -0.460 e. The van der Waals surface area contributed by atoms with Crippen LogP contribution in [0.15, 0.2) is 67.3 Å². The number of nitrogens with one attached hydrogen (secondary N) is 1. The van der Waals surface area contributed by atoms with Gasteiger partial charge in [0.1, 0.15) is 35.1 Å². The van der Waals surface area contributed by atoms with E-state index in [2.05, 4.69) is 40.4 Å². The molecular weight excluding hydrogens is 613 g/mol. The topological polar surface area (TPSA) is 116 Å². The van der Waals surface area contributed by atoms with E-state index in [4.69, 9.17) is 9.47 Å². The maximum absolute atomic E-state index is 14.2. The van der Waals surface area contributed by atoms with Crippen molar-refractivity contribution in [2.24, 2.45) is 0 Å². The molecule has 0 aliphatic rings. The third-order valence-electron chi connectivity index (χ3n) is 7.42. The highest BCUT2D eigenvalue weighted by molar-refractivity contribution is 6.09. The Morgan fingerprint density at radius 2 is 1.81 bits per heavy atom. The van der Waals surface area contributed by atoms with Crippen molar-refractivity contribution in [3.05, 3.63) is 83.9 Å². The molecule has 11 nitrogen and oxygen atoms in total. The van der Waals surface area contributed by atoms with E-state index in [-0.39, 0.29) is 35.1 Å². The summed E-state index contributed by atoms with van der Waals surface area (Å²) in [5.74, 6) is 0.604. The second kappa shape index (κ2) is 16.5. The molecule has 1 atom stereocenters. The number of nitrogens with zero attached hydrogens (tertiary/aromatic N) is 6. The van der Waals surface area contributed by atoms with Gasteiger partial charge in [0.15, 0.2) is 5.65 Å². The Morgan fingerprint density at radius 3 is 2.52 bits per heavy atom. The first-order valence-corrected chi connectivity index (χ1v) is 16.3. The molecule has 0 aliphatic heterocycles. The van der Waals surface area contributed by atoms with Crippen LogP contribution >= 0.6 is 0 Å². The number of carbonyl (C=O) groups excluding carboxylic acids is 2. The fourth-order valence-electron chi connectivity index (χ4n) is 5.03. The summed E-state index contributed by atoms with van der Waals surface area (Å²) in [7, 11) is 3.28. The molecule has 0 fully saturated rings. The van der Waals surface area contributed by atoms with Crippen molar-refractivity contribution >= 4 is 23.1 Å². The lowest BCUT2D eigenvalue weighted by molar-refractivity contribution is -0.129. The molecule has 0 bridgehead atoms. The largest absolute Gasteiger partial charge is 0.460 e. The lowest BCUT2D eigenvalue weighted by atomic mass is 10.00. The molecule has 254 valence electrons. The molecule has 1 N–H and O–H groups in total. The van der Waals surface area contributed by atoms with E-state index < -0.39 is 12.3 Å². The molecule has 5 rings (SSSR count). The van der Waals surface area contributed by atoms with Crippen LogP contribution < -0.4 is 14.8 Å². The molecule has 12 heteroatoms. The highest BCUT2D eigenvalue weighted by Gasteiger charge is 2.23. The summed E-state index contributed by atoms with van der Waals surface area (Å²) >= 11 is 0. The number of aryl methyl sites for hydroxylation is 2. The number of likely N-dealkylation sites (N-methyl/N-ethyl adjacent to an activating group) is 1. The second-order valence-electron chi connectivity index (χ2n) is 11.1. The van der Waals surface area contributed by atoms with E-state index in [0.717, 1.165) is 25.7 Å². The maximum Gasteiger partial charge on any atom is 0.261 e. The smallest absolute Gasteiger partial charge is 0.261 e. The highest BCUT2D eigenvalue weighted by Crippen LogP contribution is 2.39. The zero-order chi connectivity index (χ0) is 34.8. The number of anilines is 1. The second-order valence-corrected chi connectivity index (χ2v) is 11.1. The quantitative estimate of drug-likeness (QED) is 0.141. The fraction of sp³-hybridized carbons (Fsp3) is 0.361. The monoisotopic (exact) mass is 657 g/mol. The van der Waals surface area contributed by atoms with E-state index in [1.165, 1.54) is 38.3 Å². The number of carbonyl (C=O) groups is 2. The van der Waals surface area contributed by atoms with E-state index in [1.54, 1.807) is 57.0 Å². The number of rotatable bonds is 13. The Kier molecular flexibility index (Phi) is 12.3. The number of hydrogen-bond donors (Lipinski definition) is 1. The van der Waals surface area contributed by atoms with Gasteiger partial charge in [-0.25, -0.2) is 13.9 Å². The first-order valence-electron chi connectivity index (χ1n) is 16.3. The fourth-order valence-corrected chi connectivity index (χ4v) is 5.03. The molecule has 0 saturated carbocycles. The molecule has 2 aromatic carbocycles. The van der Waals surface area contributed by atoms with Gasteiger partial charge in [-0.3, -0.25) is 14.3 Å². The number of alkyl halides is 1. The number of ether oxygens (including phenoxy) is 2. The van der Waals surface area contributed by atoms with Crippen molar-refractivity contribution in [1.29, 1.82) is 0 Å². The molecule has 3 aromatic heterocycles. The molecule has 0 radical (unpaired) electrons. The maximum atomic E-state index is 14.2. The van der Waals surface area contributed by atoms with E-state index in [1.807, 2.05) is 26.0 Å². The van der Waals surface area contributed by atoms with Crippen LogP contribution in [-0.4, -0.2) is 61.5 Å². The van der Waals surface area contributed by atoms with Gasteiger partial charge in [0.2, 0.25) is 12.3 Å². The number of unbranched alkanes of at least 4 members (excludes halogenated alkanes) is 1. The van der Waals surface area contributed by atoms with Crippen LogP contribution in [0.3, 0.4) is 0 Å². The van der Waals surface area contributed by atoms with Gasteiger partial charge >= 0.3 is 0 Å². The van der Waals surface area contributed by atoms with E-state index in [0.29, 0.717) is 22.7 Å². The first kappa shape index (κ1) is 35.6. The van der Waals surface area contributed by atoms with Gasteiger partial charge in [-0.05, 0) is 66.8 Å². The third-order valence-corrected chi connectivity index (χ3v) is 7.42. The predicted molar refractivity (Wildman–Crippen MR) is 184 cm³/mol. The van der Waals surface area contributed by atoms with Crippen molar-refractivity contribution in [2.45, 2.75) is 73.2 Å². The third kappa shape index (κ3) is 8.55. The number of benzene rings is 2. The lowest BCUT2D eigenvalue weighted by Crippen LogP contribution is -2.26. The number of halogens is 1. The average Bonchev–Trinajstić information content (AvgIpc) is 3.69. The van der Waals surface area contributed by atoms with Crippen LogP contribution in [-0.2, 0) is 24.2 Å². The molecule has 5 aromatic rings. The van der Waals surface area contributed by atoms with Crippen molar-refractivity contribution in [3.63, 3.8) is 0 Å². The van der Waals surface area contributed by atoms with Gasteiger partial charge < -0.3 is 19.7 Å². The highest BCUT2D eigenvalue weighted by atomic mass is 19.1. The van der Waals surface area contributed by atoms with Crippen LogP contribution in [0.2, 0.25) is 0 Å². The van der Waals surface area contributed by atoms with Crippen molar-refractivity contribution < 1.29 is 23.5 Å². The average molecular weight is 658 g/mol. The van der Waals surface area contributed by atoms with Gasteiger partial charge in [-0.2, -0.15) is 10.2 Å². The normalized spacial score (nSPS) is 11.4.